The number of nitrogens with one attached hydrogen (secondary N) is 2. The summed E-state index contributed by atoms with van der Waals surface area (Å²) >= 11 is 0. The van der Waals surface area contributed by atoms with Crippen molar-refractivity contribution in [2.24, 2.45) is 0 Å². The van der Waals surface area contributed by atoms with Crippen LogP contribution in [0.15, 0.2) is 0 Å². The Morgan fingerprint density at radius 2 is 2.06 bits per heavy atom. The van der Waals surface area contributed by atoms with E-state index in [0.29, 0.717) is 6.54 Å². The Balaban J connectivity index is 2.35. The van der Waals surface area contributed by atoms with Crippen molar-refractivity contribution in [1.82, 2.24) is 10.6 Å². The van der Waals surface area contributed by atoms with E-state index in [1.165, 1.54) is 19.3 Å². The van der Waals surface area contributed by atoms with Gasteiger partial charge in [-0.3, -0.25) is 0 Å². The molecule has 0 spiro atoms. The molecule has 2 N–H and O–H groups in total. The van der Waals surface area contributed by atoms with E-state index < -0.39 is 5.60 Å². The van der Waals surface area contributed by atoms with Crippen molar-refractivity contribution < 1.29 is 9.53 Å². The van der Waals surface area contributed by atoms with Crippen LogP contribution in [0.4, 0.5) is 4.79 Å². The molecular formula is C13H26N2O2. The Hall–Kier alpha value is -0.770. The lowest BCUT2D eigenvalue weighted by molar-refractivity contribution is 0.0511. The zero-order chi connectivity index (χ0) is 12.9. The zero-order valence-corrected chi connectivity index (χ0v) is 11.6. The zero-order valence-electron chi connectivity index (χ0n) is 11.6. The fourth-order valence-electron chi connectivity index (χ4n) is 2.03. The molecule has 1 aliphatic rings. The van der Waals surface area contributed by atoms with Gasteiger partial charge in [0.1, 0.15) is 5.60 Å². The first kappa shape index (κ1) is 14.3. The van der Waals surface area contributed by atoms with E-state index in [2.05, 4.69) is 17.6 Å². The van der Waals surface area contributed by atoms with Gasteiger partial charge in [0.25, 0.3) is 0 Å². The molecule has 17 heavy (non-hydrogen) atoms. The molecule has 0 aliphatic carbocycles. The third kappa shape index (κ3) is 5.91. The van der Waals surface area contributed by atoms with Crippen molar-refractivity contribution in [2.45, 2.75) is 64.5 Å². The third-order valence-electron chi connectivity index (χ3n) is 2.98. The Kier molecular flexibility index (Phi) is 4.80. The monoisotopic (exact) mass is 242 g/mol. The highest BCUT2D eigenvalue weighted by atomic mass is 16.6. The summed E-state index contributed by atoms with van der Waals surface area (Å²) in [4.78, 5) is 11.6. The fourth-order valence-corrected chi connectivity index (χ4v) is 2.03. The predicted octanol–water partition coefficient (Wildman–Crippen LogP) is 2.43. The van der Waals surface area contributed by atoms with E-state index in [1.54, 1.807) is 0 Å². The van der Waals surface area contributed by atoms with Crippen molar-refractivity contribution in [3.8, 4) is 0 Å². The molecule has 1 rings (SSSR count). The molecule has 0 saturated carbocycles. The molecule has 0 bridgehead atoms. The van der Waals surface area contributed by atoms with Crippen molar-refractivity contribution in [3.63, 3.8) is 0 Å². The van der Waals surface area contributed by atoms with Crippen LogP contribution in [0.25, 0.3) is 0 Å². The predicted molar refractivity (Wildman–Crippen MR) is 69.1 cm³/mol. The molecule has 1 heterocycles. The first-order valence-corrected chi connectivity index (χ1v) is 6.53. The summed E-state index contributed by atoms with van der Waals surface area (Å²) < 4.78 is 5.23. The van der Waals surface area contributed by atoms with Gasteiger partial charge in [-0.05, 0) is 47.1 Å². The van der Waals surface area contributed by atoms with Crippen LogP contribution < -0.4 is 10.6 Å². The van der Waals surface area contributed by atoms with Gasteiger partial charge in [-0.2, -0.15) is 0 Å². The molecule has 0 radical (unpaired) electrons. The summed E-state index contributed by atoms with van der Waals surface area (Å²) in [6.07, 6.45) is 4.49. The minimum Gasteiger partial charge on any atom is -0.444 e. The molecule has 1 amide bonds. The number of alkyl carbamates (subject to hydrolysis) is 1. The van der Waals surface area contributed by atoms with Crippen molar-refractivity contribution >= 4 is 6.09 Å². The third-order valence-corrected chi connectivity index (χ3v) is 2.98. The molecule has 1 aliphatic heterocycles. The minimum absolute atomic E-state index is 0.00735. The number of amides is 1. The van der Waals surface area contributed by atoms with E-state index in [-0.39, 0.29) is 11.6 Å². The summed E-state index contributed by atoms with van der Waals surface area (Å²) in [5.74, 6) is 0. The quantitative estimate of drug-likeness (QED) is 0.782. The molecule has 0 aromatic carbocycles. The molecule has 4 heteroatoms. The van der Waals surface area contributed by atoms with E-state index >= 15 is 0 Å². The highest BCUT2D eigenvalue weighted by Crippen LogP contribution is 2.18. The van der Waals surface area contributed by atoms with Crippen LogP contribution >= 0.6 is 0 Å². The standard InChI is InChI=1S/C13H26N2O2/c1-12(2,3)17-11(16)14-10-13(4)8-6-5-7-9-15-13/h15H,5-10H2,1-4H3,(H,14,16). The molecule has 1 fully saturated rings. The molecule has 1 atom stereocenters. The van der Waals surface area contributed by atoms with Crippen molar-refractivity contribution in [1.29, 1.82) is 0 Å². The molecule has 0 aromatic heterocycles. The van der Waals surface area contributed by atoms with Gasteiger partial charge in [-0.1, -0.05) is 12.8 Å². The number of rotatable bonds is 2. The Morgan fingerprint density at radius 3 is 2.71 bits per heavy atom. The summed E-state index contributed by atoms with van der Waals surface area (Å²) in [6.45, 7) is 9.44. The van der Waals surface area contributed by atoms with Gasteiger partial charge >= 0.3 is 6.09 Å². The highest BCUT2D eigenvalue weighted by molar-refractivity contribution is 5.67. The van der Waals surface area contributed by atoms with E-state index in [0.717, 1.165) is 13.0 Å². The van der Waals surface area contributed by atoms with Crippen LogP contribution in [0.1, 0.15) is 53.4 Å². The fraction of sp³-hybridized carbons (Fsp3) is 0.923. The van der Waals surface area contributed by atoms with Gasteiger partial charge in [0.2, 0.25) is 0 Å². The number of ether oxygens (including phenoxy) is 1. The van der Waals surface area contributed by atoms with Crippen LogP contribution in [-0.4, -0.2) is 30.3 Å². The smallest absolute Gasteiger partial charge is 0.407 e. The molecule has 4 nitrogen and oxygen atoms in total. The second kappa shape index (κ2) is 5.71. The van der Waals surface area contributed by atoms with Gasteiger partial charge < -0.3 is 15.4 Å². The van der Waals surface area contributed by atoms with Gasteiger partial charge in [0, 0.05) is 12.1 Å². The molecule has 1 saturated heterocycles. The Morgan fingerprint density at radius 1 is 1.35 bits per heavy atom. The topological polar surface area (TPSA) is 50.4 Å². The largest absolute Gasteiger partial charge is 0.444 e. The lowest BCUT2D eigenvalue weighted by atomic mass is 9.96. The minimum atomic E-state index is -0.429. The van der Waals surface area contributed by atoms with Gasteiger partial charge in [0.05, 0.1) is 0 Å². The van der Waals surface area contributed by atoms with Gasteiger partial charge in [0.15, 0.2) is 0 Å². The summed E-state index contributed by atoms with van der Waals surface area (Å²) in [7, 11) is 0. The first-order chi connectivity index (χ1) is 7.81. The number of hydrogen-bond acceptors (Lipinski definition) is 3. The molecule has 0 aromatic rings. The average Bonchev–Trinajstić information content (AvgIpc) is 2.38. The van der Waals surface area contributed by atoms with Crippen LogP contribution in [0, 0.1) is 0 Å². The van der Waals surface area contributed by atoms with Gasteiger partial charge in [-0.25, -0.2) is 4.79 Å². The van der Waals surface area contributed by atoms with Crippen LogP contribution in [0.5, 0.6) is 0 Å². The number of carbonyl (C=O) groups is 1. The van der Waals surface area contributed by atoms with Gasteiger partial charge in [-0.15, -0.1) is 0 Å². The van der Waals surface area contributed by atoms with Crippen molar-refractivity contribution in [3.05, 3.63) is 0 Å². The maximum Gasteiger partial charge on any atom is 0.407 e. The van der Waals surface area contributed by atoms with E-state index in [4.69, 9.17) is 4.74 Å². The van der Waals surface area contributed by atoms with E-state index in [9.17, 15) is 4.79 Å². The maximum atomic E-state index is 11.6. The second-order valence-electron chi connectivity index (χ2n) is 6.15. The highest BCUT2D eigenvalue weighted by Gasteiger charge is 2.26. The molecule has 1 unspecified atom stereocenters. The molecular weight excluding hydrogens is 216 g/mol. The Bertz CT molecular complexity index is 251. The van der Waals surface area contributed by atoms with E-state index in [1.807, 2.05) is 20.8 Å². The summed E-state index contributed by atoms with van der Waals surface area (Å²) in [5, 5.41) is 6.36. The van der Waals surface area contributed by atoms with Crippen LogP contribution in [-0.2, 0) is 4.74 Å². The normalized spacial score (nSPS) is 26.1. The summed E-state index contributed by atoms with van der Waals surface area (Å²) in [5.41, 5.74) is -0.421. The lowest BCUT2D eigenvalue weighted by Crippen LogP contribution is -2.51. The number of carbonyl (C=O) groups excluding carboxylic acids is 1. The Labute approximate surface area is 104 Å². The summed E-state index contributed by atoms with van der Waals surface area (Å²) in [6, 6.07) is 0. The first-order valence-electron chi connectivity index (χ1n) is 6.53. The number of hydrogen-bond donors (Lipinski definition) is 2. The lowest BCUT2D eigenvalue weighted by Gasteiger charge is -2.30. The molecule has 100 valence electrons. The SMILES string of the molecule is CC1(CNC(=O)OC(C)(C)C)CCCCCN1. The maximum absolute atomic E-state index is 11.6. The van der Waals surface area contributed by atoms with Crippen molar-refractivity contribution in [2.75, 3.05) is 13.1 Å². The van der Waals surface area contributed by atoms with Crippen LogP contribution in [0.2, 0.25) is 0 Å². The van der Waals surface area contributed by atoms with Crippen LogP contribution in [0.3, 0.4) is 0 Å². The second-order valence-corrected chi connectivity index (χ2v) is 6.15. The average molecular weight is 242 g/mol.